The zero-order valence-corrected chi connectivity index (χ0v) is 9.42. The van der Waals surface area contributed by atoms with Crippen molar-refractivity contribution in [1.29, 1.82) is 5.41 Å². The first-order valence-corrected chi connectivity index (χ1v) is 6.03. The molecular formula is C12H22N2. The molecule has 0 aromatic heterocycles. The summed E-state index contributed by atoms with van der Waals surface area (Å²) in [5, 5.41) is 8.23. The van der Waals surface area contributed by atoms with E-state index in [2.05, 4.69) is 18.7 Å². The van der Waals surface area contributed by atoms with E-state index in [1.165, 1.54) is 32.1 Å². The molecular weight excluding hydrogens is 172 g/mol. The fourth-order valence-electron chi connectivity index (χ4n) is 3.07. The van der Waals surface area contributed by atoms with Gasteiger partial charge in [0.15, 0.2) is 0 Å². The van der Waals surface area contributed by atoms with E-state index in [0.717, 1.165) is 18.3 Å². The predicted molar refractivity (Wildman–Crippen MR) is 59.6 cm³/mol. The maximum absolute atomic E-state index is 8.23. The molecule has 2 heteroatoms. The van der Waals surface area contributed by atoms with Crippen molar-refractivity contribution in [3.63, 3.8) is 0 Å². The first-order valence-electron chi connectivity index (χ1n) is 6.03. The van der Waals surface area contributed by atoms with Gasteiger partial charge in [0.05, 0.1) is 5.84 Å². The molecule has 0 spiro atoms. The summed E-state index contributed by atoms with van der Waals surface area (Å²) in [6.45, 7) is 5.70. The van der Waals surface area contributed by atoms with Gasteiger partial charge in [-0.15, -0.1) is 0 Å². The quantitative estimate of drug-likeness (QED) is 0.504. The average molecular weight is 194 g/mol. The Labute approximate surface area is 87.2 Å². The molecule has 0 aromatic rings. The van der Waals surface area contributed by atoms with Gasteiger partial charge in [-0.25, -0.2) is 0 Å². The van der Waals surface area contributed by atoms with E-state index >= 15 is 0 Å². The van der Waals surface area contributed by atoms with Crippen LogP contribution in [0.2, 0.25) is 0 Å². The van der Waals surface area contributed by atoms with Crippen molar-refractivity contribution < 1.29 is 0 Å². The molecule has 1 N–H and O–H groups in total. The van der Waals surface area contributed by atoms with Crippen molar-refractivity contribution in [3.8, 4) is 0 Å². The van der Waals surface area contributed by atoms with Crippen LogP contribution in [0, 0.1) is 17.2 Å². The van der Waals surface area contributed by atoms with Gasteiger partial charge in [0.2, 0.25) is 0 Å². The third-order valence-electron chi connectivity index (χ3n) is 3.84. The second-order valence-electron chi connectivity index (χ2n) is 5.21. The third kappa shape index (κ3) is 1.79. The average Bonchev–Trinajstić information content (AvgIpc) is 2.73. The van der Waals surface area contributed by atoms with Gasteiger partial charge >= 0.3 is 0 Å². The molecule has 1 heterocycles. The van der Waals surface area contributed by atoms with Crippen LogP contribution < -0.4 is 0 Å². The molecule has 1 saturated heterocycles. The molecule has 2 aliphatic rings. The van der Waals surface area contributed by atoms with Crippen LogP contribution in [0.4, 0.5) is 0 Å². The van der Waals surface area contributed by atoms with Crippen LogP contribution in [0.1, 0.15) is 46.0 Å². The summed E-state index contributed by atoms with van der Waals surface area (Å²) in [5.41, 5.74) is 0. The Bertz CT molecular complexity index is 218. The fourth-order valence-corrected chi connectivity index (χ4v) is 3.07. The normalized spacial score (nSPS) is 34.0. The summed E-state index contributed by atoms with van der Waals surface area (Å²) in [4.78, 5) is 2.35. The lowest BCUT2D eigenvalue weighted by atomic mass is 10.1. The number of amidine groups is 1. The van der Waals surface area contributed by atoms with E-state index in [9.17, 15) is 0 Å². The molecule has 2 rings (SSSR count). The maximum Gasteiger partial charge on any atom is 0.0991 e. The van der Waals surface area contributed by atoms with Crippen LogP contribution in [0.25, 0.3) is 0 Å². The van der Waals surface area contributed by atoms with Crippen LogP contribution in [-0.2, 0) is 0 Å². The molecule has 1 saturated carbocycles. The molecule has 2 atom stereocenters. The minimum Gasteiger partial charge on any atom is -0.357 e. The first-order chi connectivity index (χ1) is 6.68. The minimum atomic E-state index is 0.586. The standard InChI is InChI=1S/C12H22N2/c1-9-7-10(2)14(8-9)12(13)11-5-3-4-6-11/h9-11,13H,3-8H2,1-2H3. The lowest BCUT2D eigenvalue weighted by molar-refractivity contribution is 0.382. The highest BCUT2D eigenvalue weighted by molar-refractivity contribution is 5.82. The Morgan fingerprint density at radius 1 is 1.21 bits per heavy atom. The number of rotatable bonds is 1. The lowest BCUT2D eigenvalue weighted by Crippen LogP contribution is -2.37. The third-order valence-corrected chi connectivity index (χ3v) is 3.84. The maximum atomic E-state index is 8.23. The molecule has 0 aromatic carbocycles. The Morgan fingerprint density at radius 2 is 1.86 bits per heavy atom. The molecule has 14 heavy (non-hydrogen) atoms. The topological polar surface area (TPSA) is 27.1 Å². The van der Waals surface area contributed by atoms with Crippen LogP contribution in [0.3, 0.4) is 0 Å². The summed E-state index contributed by atoms with van der Waals surface area (Å²) in [5.74, 6) is 2.31. The number of nitrogens with zero attached hydrogens (tertiary/aromatic N) is 1. The van der Waals surface area contributed by atoms with E-state index < -0.39 is 0 Å². The van der Waals surface area contributed by atoms with Crippen molar-refractivity contribution in [2.45, 2.75) is 52.0 Å². The van der Waals surface area contributed by atoms with Crippen molar-refractivity contribution in [3.05, 3.63) is 0 Å². The van der Waals surface area contributed by atoms with E-state index in [-0.39, 0.29) is 0 Å². The molecule has 2 fully saturated rings. The van der Waals surface area contributed by atoms with Gasteiger partial charge in [0, 0.05) is 18.5 Å². The second kappa shape index (κ2) is 3.92. The number of nitrogens with one attached hydrogen (secondary N) is 1. The summed E-state index contributed by atoms with van der Waals surface area (Å²) in [6, 6.07) is 0.609. The van der Waals surface area contributed by atoms with Crippen molar-refractivity contribution in [1.82, 2.24) is 4.90 Å². The second-order valence-corrected chi connectivity index (χ2v) is 5.21. The Kier molecular flexibility index (Phi) is 2.80. The smallest absolute Gasteiger partial charge is 0.0991 e. The lowest BCUT2D eigenvalue weighted by Gasteiger charge is -2.27. The summed E-state index contributed by atoms with van der Waals surface area (Å²) in [7, 11) is 0. The van der Waals surface area contributed by atoms with Crippen molar-refractivity contribution in [2.75, 3.05) is 6.54 Å². The SMILES string of the molecule is CC1CC(C)N(C(=N)C2CCCC2)C1. The molecule has 0 bridgehead atoms. The summed E-state index contributed by atoms with van der Waals surface area (Å²) in [6.07, 6.45) is 6.47. The zero-order chi connectivity index (χ0) is 10.1. The first kappa shape index (κ1) is 10.0. The summed E-state index contributed by atoms with van der Waals surface area (Å²) < 4.78 is 0. The molecule has 0 radical (unpaired) electrons. The molecule has 2 unspecified atom stereocenters. The van der Waals surface area contributed by atoms with E-state index in [0.29, 0.717) is 12.0 Å². The molecule has 0 amide bonds. The van der Waals surface area contributed by atoms with Crippen LogP contribution in [-0.4, -0.2) is 23.3 Å². The van der Waals surface area contributed by atoms with E-state index in [4.69, 9.17) is 5.41 Å². The van der Waals surface area contributed by atoms with Crippen LogP contribution in [0.5, 0.6) is 0 Å². The Balaban J connectivity index is 1.96. The Morgan fingerprint density at radius 3 is 2.36 bits per heavy atom. The minimum absolute atomic E-state index is 0.586. The van der Waals surface area contributed by atoms with Gasteiger partial charge in [-0.1, -0.05) is 19.8 Å². The fraction of sp³-hybridized carbons (Fsp3) is 0.917. The van der Waals surface area contributed by atoms with Gasteiger partial charge in [0.1, 0.15) is 0 Å². The molecule has 1 aliphatic heterocycles. The Hall–Kier alpha value is -0.530. The van der Waals surface area contributed by atoms with Gasteiger partial charge < -0.3 is 4.90 Å². The van der Waals surface area contributed by atoms with E-state index in [1.54, 1.807) is 0 Å². The molecule has 2 nitrogen and oxygen atoms in total. The number of hydrogen-bond acceptors (Lipinski definition) is 1. The van der Waals surface area contributed by atoms with Gasteiger partial charge in [-0.3, -0.25) is 5.41 Å². The molecule has 1 aliphatic carbocycles. The van der Waals surface area contributed by atoms with Gasteiger partial charge in [-0.05, 0) is 32.1 Å². The van der Waals surface area contributed by atoms with E-state index in [1.807, 2.05) is 0 Å². The predicted octanol–water partition coefficient (Wildman–Crippen LogP) is 2.88. The van der Waals surface area contributed by atoms with Crippen LogP contribution >= 0.6 is 0 Å². The largest absolute Gasteiger partial charge is 0.357 e. The zero-order valence-electron chi connectivity index (χ0n) is 9.42. The molecule has 80 valence electrons. The highest BCUT2D eigenvalue weighted by atomic mass is 15.2. The van der Waals surface area contributed by atoms with Crippen LogP contribution in [0.15, 0.2) is 0 Å². The highest BCUT2D eigenvalue weighted by Gasteiger charge is 2.32. The number of hydrogen-bond donors (Lipinski definition) is 1. The van der Waals surface area contributed by atoms with Gasteiger partial charge in [0.25, 0.3) is 0 Å². The number of likely N-dealkylation sites (tertiary alicyclic amines) is 1. The monoisotopic (exact) mass is 194 g/mol. The summed E-state index contributed by atoms with van der Waals surface area (Å²) >= 11 is 0. The van der Waals surface area contributed by atoms with Gasteiger partial charge in [-0.2, -0.15) is 0 Å². The van der Waals surface area contributed by atoms with Crippen molar-refractivity contribution in [2.24, 2.45) is 11.8 Å². The van der Waals surface area contributed by atoms with Crippen molar-refractivity contribution >= 4 is 5.84 Å². The highest BCUT2D eigenvalue weighted by Crippen LogP contribution is 2.31.